The van der Waals surface area contributed by atoms with Gasteiger partial charge in [0, 0.05) is 36.1 Å². The minimum Gasteiger partial charge on any atom is -0.488 e. The number of nitrogens with zero attached hydrogens (tertiary/aromatic N) is 3. The maximum Gasteiger partial charge on any atom is 0.323 e. The summed E-state index contributed by atoms with van der Waals surface area (Å²) >= 11 is 0. The number of aliphatic hydroxyl groups excluding tert-OH is 1. The SMILES string of the molecule is Cc1noc(C)c1NC(=O)N(C)C[C@H]1Oc2ccc(NC(=O)Nc3cccc4ccccc34)cc2CC(=O)N([C@H](C)CO)C[C@@H]1C. The second kappa shape index (κ2) is 13.9. The summed E-state index contributed by atoms with van der Waals surface area (Å²) in [5.74, 6) is 0.592. The van der Waals surface area contributed by atoms with Crippen molar-refractivity contribution in [2.75, 3.05) is 42.7 Å². The number of nitrogens with one attached hydrogen (secondary N) is 3. The van der Waals surface area contributed by atoms with Crippen molar-refractivity contribution in [1.82, 2.24) is 15.0 Å². The number of aromatic nitrogens is 1. The normalized spacial score (nSPS) is 17.2. The molecular weight excluding hydrogens is 588 g/mol. The van der Waals surface area contributed by atoms with Crippen LogP contribution in [0.2, 0.25) is 0 Å². The van der Waals surface area contributed by atoms with Crippen LogP contribution in [-0.4, -0.2) is 76.9 Å². The van der Waals surface area contributed by atoms with E-state index in [9.17, 15) is 19.5 Å². The molecule has 0 fully saturated rings. The highest BCUT2D eigenvalue weighted by atomic mass is 16.5. The van der Waals surface area contributed by atoms with E-state index in [2.05, 4.69) is 21.1 Å². The largest absolute Gasteiger partial charge is 0.488 e. The van der Waals surface area contributed by atoms with Crippen LogP contribution in [0, 0.1) is 19.8 Å². The van der Waals surface area contributed by atoms with E-state index in [4.69, 9.17) is 9.26 Å². The van der Waals surface area contributed by atoms with E-state index in [0.717, 1.165) is 10.8 Å². The van der Waals surface area contributed by atoms with Crippen LogP contribution in [0.1, 0.15) is 30.9 Å². The number of urea groups is 2. The van der Waals surface area contributed by atoms with Crippen LogP contribution >= 0.6 is 0 Å². The van der Waals surface area contributed by atoms with Crippen LogP contribution in [0.15, 0.2) is 65.2 Å². The first-order chi connectivity index (χ1) is 22.0. The van der Waals surface area contributed by atoms with Crippen LogP contribution in [0.25, 0.3) is 10.8 Å². The quantitative estimate of drug-likeness (QED) is 0.214. The van der Waals surface area contributed by atoms with Gasteiger partial charge in [0.1, 0.15) is 23.2 Å². The Labute approximate surface area is 267 Å². The predicted molar refractivity (Wildman–Crippen MR) is 176 cm³/mol. The molecule has 0 unspecified atom stereocenters. The fourth-order valence-corrected chi connectivity index (χ4v) is 5.56. The van der Waals surface area contributed by atoms with E-state index in [1.807, 2.05) is 49.4 Å². The minimum absolute atomic E-state index is 0.00193. The summed E-state index contributed by atoms with van der Waals surface area (Å²) in [6, 6.07) is 17.4. The molecule has 5 amide bonds. The molecule has 12 nitrogen and oxygen atoms in total. The van der Waals surface area contributed by atoms with E-state index < -0.39 is 18.2 Å². The van der Waals surface area contributed by atoms with Crippen LogP contribution < -0.4 is 20.7 Å². The summed E-state index contributed by atoms with van der Waals surface area (Å²) in [6.45, 7) is 7.53. The van der Waals surface area contributed by atoms with Crippen LogP contribution in [-0.2, 0) is 11.2 Å². The number of rotatable bonds is 7. The number of ether oxygens (including phenoxy) is 1. The molecule has 1 aliphatic rings. The number of carbonyl (C=O) groups is 3. The predicted octanol–water partition coefficient (Wildman–Crippen LogP) is 5.40. The van der Waals surface area contributed by atoms with Gasteiger partial charge in [0.15, 0.2) is 5.76 Å². The van der Waals surface area contributed by atoms with Crippen molar-refractivity contribution in [3.8, 4) is 5.75 Å². The Bertz CT molecular complexity index is 1710. The first kappa shape index (κ1) is 32.3. The van der Waals surface area contributed by atoms with E-state index in [1.165, 1.54) is 4.90 Å². The van der Waals surface area contributed by atoms with Gasteiger partial charge in [0.25, 0.3) is 0 Å². The molecule has 46 heavy (non-hydrogen) atoms. The second-order valence-corrected chi connectivity index (χ2v) is 11.8. The number of aliphatic hydroxyl groups is 1. The molecule has 0 aliphatic carbocycles. The monoisotopic (exact) mass is 628 g/mol. The molecule has 0 saturated carbocycles. The summed E-state index contributed by atoms with van der Waals surface area (Å²) in [4.78, 5) is 42.9. The number of hydrogen-bond donors (Lipinski definition) is 4. The van der Waals surface area contributed by atoms with Crippen molar-refractivity contribution in [3.63, 3.8) is 0 Å². The van der Waals surface area contributed by atoms with Gasteiger partial charge < -0.3 is 40.1 Å². The Morgan fingerprint density at radius 2 is 1.85 bits per heavy atom. The molecule has 1 aliphatic heterocycles. The summed E-state index contributed by atoms with van der Waals surface area (Å²) in [5.41, 5.74) is 2.82. The molecule has 3 atom stereocenters. The molecule has 3 aromatic carbocycles. The summed E-state index contributed by atoms with van der Waals surface area (Å²) in [5, 5.41) is 24.4. The molecule has 0 spiro atoms. The Morgan fingerprint density at radius 1 is 1.09 bits per heavy atom. The topological polar surface area (TPSA) is 149 Å². The highest BCUT2D eigenvalue weighted by Crippen LogP contribution is 2.30. The van der Waals surface area contributed by atoms with Crippen LogP contribution in [0.3, 0.4) is 0 Å². The van der Waals surface area contributed by atoms with Gasteiger partial charge in [-0.15, -0.1) is 0 Å². The molecule has 0 radical (unpaired) electrons. The Hall–Kier alpha value is -5.10. The number of likely N-dealkylation sites (N-methyl/N-ethyl adjacent to an activating group) is 1. The van der Waals surface area contributed by atoms with Crippen molar-refractivity contribution < 1.29 is 28.8 Å². The highest BCUT2D eigenvalue weighted by molar-refractivity contribution is 6.06. The minimum atomic E-state index is -0.507. The first-order valence-corrected chi connectivity index (χ1v) is 15.2. The fraction of sp³-hybridized carbons (Fsp3) is 0.353. The molecule has 2 heterocycles. The third-order valence-corrected chi connectivity index (χ3v) is 8.28. The molecule has 4 aromatic rings. The Balaban J connectivity index is 1.37. The number of fused-ring (bicyclic) bond motifs is 2. The lowest BCUT2D eigenvalue weighted by Gasteiger charge is -2.34. The number of benzene rings is 3. The summed E-state index contributed by atoms with van der Waals surface area (Å²) < 4.78 is 11.7. The maximum atomic E-state index is 13.6. The lowest BCUT2D eigenvalue weighted by atomic mass is 10.0. The third-order valence-electron chi connectivity index (χ3n) is 8.28. The summed E-state index contributed by atoms with van der Waals surface area (Å²) in [7, 11) is 1.66. The first-order valence-electron chi connectivity index (χ1n) is 15.2. The van der Waals surface area contributed by atoms with Crippen molar-refractivity contribution in [1.29, 1.82) is 0 Å². The lowest BCUT2D eigenvalue weighted by molar-refractivity contribution is -0.134. The van der Waals surface area contributed by atoms with Gasteiger partial charge >= 0.3 is 12.1 Å². The van der Waals surface area contributed by atoms with Crippen molar-refractivity contribution in [3.05, 3.63) is 77.7 Å². The number of anilines is 3. The van der Waals surface area contributed by atoms with E-state index >= 15 is 0 Å². The standard InChI is InChI=1S/C34H40N6O6/c1-20-17-40(21(2)19-41)31(42)16-25-15-26(35-33(43)36-28-12-8-10-24-9-6-7-11-27(24)28)13-14-29(25)45-30(20)18-39(5)34(44)37-32-22(3)38-46-23(32)4/h6-15,20-21,30,41H,16-19H2,1-5H3,(H,37,44)(H2,35,36,43)/t20-,21+,30+/m0/s1. The third kappa shape index (κ3) is 7.23. The van der Waals surface area contributed by atoms with Crippen LogP contribution in [0.5, 0.6) is 5.75 Å². The molecule has 4 N–H and O–H groups in total. The summed E-state index contributed by atoms with van der Waals surface area (Å²) in [6.07, 6.45) is -0.506. The molecule has 0 saturated heterocycles. The van der Waals surface area contributed by atoms with Gasteiger partial charge in [0.2, 0.25) is 5.91 Å². The number of aryl methyl sites for hydroxylation is 2. The van der Waals surface area contributed by atoms with Gasteiger partial charge in [-0.05, 0) is 50.4 Å². The zero-order valence-electron chi connectivity index (χ0n) is 26.7. The van der Waals surface area contributed by atoms with E-state index in [0.29, 0.717) is 46.4 Å². The van der Waals surface area contributed by atoms with Gasteiger partial charge in [0.05, 0.1) is 31.3 Å². The molecule has 5 rings (SSSR count). The fourth-order valence-electron chi connectivity index (χ4n) is 5.56. The van der Waals surface area contributed by atoms with Gasteiger partial charge in [-0.1, -0.05) is 48.5 Å². The average Bonchev–Trinajstić information content (AvgIpc) is 3.37. The zero-order valence-corrected chi connectivity index (χ0v) is 26.7. The van der Waals surface area contributed by atoms with Crippen molar-refractivity contribution in [2.45, 2.75) is 46.3 Å². The van der Waals surface area contributed by atoms with Gasteiger partial charge in [-0.3, -0.25) is 4.79 Å². The molecular formula is C34H40N6O6. The molecule has 12 heteroatoms. The van der Waals surface area contributed by atoms with Gasteiger partial charge in [-0.2, -0.15) is 0 Å². The maximum absolute atomic E-state index is 13.6. The smallest absolute Gasteiger partial charge is 0.323 e. The molecule has 1 aromatic heterocycles. The molecule has 242 valence electrons. The average molecular weight is 629 g/mol. The van der Waals surface area contributed by atoms with Gasteiger partial charge in [-0.25, -0.2) is 9.59 Å². The number of hydrogen-bond acceptors (Lipinski definition) is 7. The number of carbonyl (C=O) groups excluding carboxylic acids is 3. The zero-order chi connectivity index (χ0) is 33.0. The van der Waals surface area contributed by atoms with E-state index in [1.54, 1.807) is 50.9 Å². The number of amides is 5. The second-order valence-electron chi connectivity index (χ2n) is 11.8. The highest BCUT2D eigenvalue weighted by Gasteiger charge is 2.32. The van der Waals surface area contributed by atoms with E-state index in [-0.39, 0.29) is 37.4 Å². The van der Waals surface area contributed by atoms with Crippen LogP contribution in [0.4, 0.5) is 26.7 Å². The Morgan fingerprint density at radius 3 is 2.59 bits per heavy atom. The van der Waals surface area contributed by atoms with Crippen molar-refractivity contribution >= 4 is 45.8 Å². The molecule has 0 bridgehead atoms. The Kier molecular flexibility index (Phi) is 9.76. The lowest BCUT2D eigenvalue weighted by Crippen LogP contribution is -2.48. The van der Waals surface area contributed by atoms with Crippen molar-refractivity contribution in [2.24, 2.45) is 5.92 Å².